The Morgan fingerprint density at radius 1 is 1.12 bits per heavy atom. The molecule has 2 aliphatic rings. The SMILES string of the molecule is CC(C)c1nccc(N2CCC[C@H]2c2nc3c(n2C)CCCC3)n1. The Morgan fingerprint density at radius 2 is 1.96 bits per heavy atom. The molecule has 2 aromatic rings. The molecule has 1 atom stereocenters. The monoisotopic (exact) mass is 325 g/mol. The van der Waals surface area contributed by atoms with Crippen LogP contribution in [-0.2, 0) is 19.9 Å². The minimum atomic E-state index is 0.343. The zero-order chi connectivity index (χ0) is 16.7. The largest absolute Gasteiger partial charge is 0.346 e. The molecule has 0 amide bonds. The quantitative estimate of drug-likeness (QED) is 0.866. The van der Waals surface area contributed by atoms with Crippen LogP contribution in [0.25, 0.3) is 0 Å². The van der Waals surface area contributed by atoms with Crippen molar-refractivity contribution < 1.29 is 0 Å². The maximum absolute atomic E-state index is 5.04. The topological polar surface area (TPSA) is 46.8 Å². The van der Waals surface area contributed by atoms with Gasteiger partial charge in [0.15, 0.2) is 0 Å². The van der Waals surface area contributed by atoms with Gasteiger partial charge in [0.1, 0.15) is 17.5 Å². The molecule has 128 valence electrons. The highest BCUT2D eigenvalue weighted by molar-refractivity contribution is 5.42. The number of rotatable bonds is 3. The first kappa shape index (κ1) is 15.6. The first-order chi connectivity index (χ1) is 11.6. The minimum absolute atomic E-state index is 0.343. The summed E-state index contributed by atoms with van der Waals surface area (Å²) < 4.78 is 2.36. The van der Waals surface area contributed by atoms with E-state index in [1.807, 2.05) is 12.3 Å². The number of fused-ring (bicyclic) bond motifs is 1. The van der Waals surface area contributed by atoms with E-state index in [-0.39, 0.29) is 0 Å². The molecular weight excluding hydrogens is 298 g/mol. The van der Waals surface area contributed by atoms with Gasteiger partial charge in [-0.1, -0.05) is 13.8 Å². The van der Waals surface area contributed by atoms with Gasteiger partial charge in [0, 0.05) is 31.4 Å². The second-order valence-electron chi connectivity index (χ2n) is 7.41. The molecule has 3 heterocycles. The van der Waals surface area contributed by atoms with E-state index in [0.717, 1.165) is 31.0 Å². The molecule has 0 saturated carbocycles. The van der Waals surface area contributed by atoms with Crippen LogP contribution >= 0.6 is 0 Å². The molecular formula is C19H27N5. The van der Waals surface area contributed by atoms with Crippen molar-refractivity contribution in [1.29, 1.82) is 0 Å². The van der Waals surface area contributed by atoms with Crippen LogP contribution in [0.2, 0.25) is 0 Å². The zero-order valence-electron chi connectivity index (χ0n) is 15.0. The lowest BCUT2D eigenvalue weighted by Gasteiger charge is -2.26. The number of hydrogen-bond acceptors (Lipinski definition) is 4. The van der Waals surface area contributed by atoms with Crippen LogP contribution < -0.4 is 4.90 Å². The van der Waals surface area contributed by atoms with E-state index in [1.54, 1.807) is 0 Å². The molecule has 0 aromatic carbocycles. The summed E-state index contributed by atoms with van der Waals surface area (Å²) in [7, 11) is 2.20. The summed E-state index contributed by atoms with van der Waals surface area (Å²) in [4.78, 5) is 16.7. The van der Waals surface area contributed by atoms with Crippen molar-refractivity contribution in [2.75, 3.05) is 11.4 Å². The molecule has 2 aromatic heterocycles. The fourth-order valence-corrected chi connectivity index (χ4v) is 4.12. The maximum atomic E-state index is 5.04. The summed E-state index contributed by atoms with van der Waals surface area (Å²) in [6.45, 7) is 5.34. The minimum Gasteiger partial charge on any atom is -0.346 e. The van der Waals surface area contributed by atoms with Crippen LogP contribution in [0.4, 0.5) is 5.82 Å². The molecule has 0 unspecified atom stereocenters. The predicted molar refractivity (Wildman–Crippen MR) is 95.3 cm³/mol. The van der Waals surface area contributed by atoms with Gasteiger partial charge in [0.05, 0.1) is 11.7 Å². The van der Waals surface area contributed by atoms with Gasteiger partial charge in [-0.3, -0.25) is 0 Å². The third-order valence-electron chi connectivity index (χ3n) is 5.43. The molecule has 0 radical (unpaired) electrons. The average Bonchev–Trinajstić information content (AvgIpc) is 3.20. The smallest absolute Gasteiger partial charge is 0.133 e. The van der Waals surface area contributed by atoms with Crippen LogP contribution in [0.1, 0.15) is 74.5 Å². The van der Waals surface area contributed by atoms with Crippen LogP contribution in [0.3, 0.4) is 0 Å². The lowest BCUT2D eigenvalue weighted by molar-refractivity contribution is 0.605. The third kappa shape index (κ3) is 2.60. The Bertz CT molecular complexity index is 733. The lowest BCUT2D eigenvalue weighted by atomic mass is 10.0. The van der Waals surface area contributed by atoms with E-state index in [4.69, 9.17) is 9.97 Å². The number of nitrogens with zero attached hydrogens (tertiary/aromatic N) is 5. The van der Waals surface area contributed by atoms with Gasteiger partial charge in [-0.05, 0) is 44.6 Å². The first-order valence-electron chi connectivity index (χ1n) is 9.29. The summed E-state index contributed by atoms with van der Waals surface area (Å²) in [5, 5.41) is 0. The molecule has 0 N–H and O–H groups in total. The van der Waals surface area contributed by atoms with E-state index in [9.17, 15) is 0 Å². The van der Waals surface area contributed by atoms with Crippen molar-refractivity contribution in [2.45, 2.75) is 64.3 Å². The molecule has 1 fully saturated rings. The average molecular weight is 325 g/mol. The normalized spacial score (nSPS) is 20.7. The van der Waals surface area contributed by atoms with Gasteiger partial charge in [0.25, 0.3) is 0 Å². The molecule has 0 spiro atoms. The van der Waals surface area contributed by atoms with E-state index in [2.05, 4.69) is 35.3 Å². The van der Waals surface area contributed by atoms with Crippen LogP contribution in [0.5, 0.6) is 0 Å². The summed E-state index contributed by atoms with van der Waals surface area (Å²) in [6, 6.07) is 2.39. The van der Waals surface area contributed by atoms with Crippen LogP contribution in [0, 0.1) is 0 Å². The molecule has 24 heavy (non-hydrogen) atoms. The highest BCUT2D eigenvalue weighted by Gasteiger charge is 2.32. The summed E-state index contributed by atoms with van der Waals surface area (Å²) >= 11 is 0. The standard InChI is InChI=1S/C19H27N5/c1-13(2)18-20-11-10-17(22-18)24-12-6-9-16(24)19-21-14-7-4-5-8-15(14)23(19)3/h10-11,13,16H,4-9,12H2,1-3H3/t16-/m0/s1. The second kappa shape index (κ2) is 6.19. The van der Waals surface area contributed by atoms with E-state index < -0.39 is 0 Å². The molecule has 1 saturated heterocycles. The van der Waals surface area contributed by atoms with Gasteiger partial charge >= 0.3 is 0 Å². The molecule has 5 nitrogen and oxygen atoms in total. The molecule has 5 heteroatoms. The summed E-state index contributed by atoms with van der Waals surface area (Å²) in [5.74, 6) is 3.56. The Kier molecular flexibility index (Phi) is 4.02. The number of aromatic nitrogens is 4. The van der Waals surface area contributed by atoms with Crippen molar-refractivity contribution in [2.24, 2.45) is 7.05 Å². The fourth-order valence-electron chi connectivity index (χ4n) is 4.12. The number of imidazole rings is 1. The van der Waals surface area contributed by atoms with Crippen molar-refractivity contribution in [1.82, 2.24) is 19.5 Å². The van der Waals surface area contributed by atoms with E-state index in [0.29, 0.717) is 12.0 Å². The second-order valence-corrected chi connectivity index (χ2v) is 7.41. The highest BCUT2D eigenvalue weighted by atomic mass is 15.3. The molecule has 0 bridgehead atoms. The summed E-state index contributed by atoms with van der Waals surface area (Å²) in [6.07, 6.45) is 9.15. The Labute approximate surface area is 144 Å². The van der Waals surface area contributed by atoms with Gasteiger partial charge in [0.2, 0.25) is 0 Å². The zero-order valence-corrected chi connectivity index (χ0v) is 15.0. The highest BCUT2D eigenvalue weighted by Crippen LogP contribution is 2.36. The van der Waals surface area contributed by atoms with Gasteiger partial charge in [-0.25, -0.2) is 15.0 Å². The fraction of sp³-hybridized carbons (Fsp3) is 0.632. The van der Waals surface area contributed by atoms with E-state index >= 15 is 0 Å². The van der Waals surface area contributed by atoms with Crippen molar-refractivity contribution in [3.63, 3.8) is 0 Å². The Balaban J connectivity index is 1.68. The molecule has 4 rings (SSSR count). The van der Waals surface area contributed by atoms with Crippen LogP contribution in [0.15, 0.2) is 12.3 Å². The lowest BCUT2D eigenvalue weighted by Crippen LogP contribution is -2.26. The van der Waals surface area contributed by atoms with Gasteiger partial charge < -0.3 is 9.47 Å². The van der Waals surface area contributed by atoms with Crippen molar-refractivity contribution in [3.05, 3.63) is 35.3 Å². The van der Waals surface area contributed by atoms with Gasteiger partial charge in [-0.15, -0.1) is 0 Å². The molecule has 1 aliphatic carbocycles. The first-order valence-corrected chi connectivity index (χ1v) is 9.29. The van der Waals surface area contributed by atoms with Crippen molar-refractivity contribution in [3.8, 4) is 0 Å². The van der Waals surface area contributed by atoms with E-state index in [1.165, 1.54) is 42.9 Å². The summed E-state index contributed by atoms with van der Waals surface area (Å²) in [5.41, 5.74) is 2.78. The number of anilines is 1. The Hall–Kier alpha value is -1.91. The van der Waals surface area contributed by atoms with Crippen LogP contribution in [-0.4, -0.2) is 26.1 Å². The maximum Gasteiger partial charge on any atom is 0.133 e. The number of aryl methyl sites for hydroxylation is 1. The predicted octanol–water partition coefficient (Wildman–Crippen LogP) is 3.55. The Morgan fingerprint density at radius 3 is 2.75 bits per heavy atom. The number of hydrogen-bond donors (Lipinski definition) is 0. The third-order valence-corrected chi connectivity index (χ3v) is 5.43. The molecule has 1 aliphatic heterocycles. The van der Waals surface area contributed by atoms with Crippen molar-refractivity contribution >= 4 is 5.82 Å². The van der Waals surface area contributed by atoms with Gasteiger partial charge in [-0.2, -0.15) is 0 Å².